The Kier molecular flexibility index (Phi) is 7.14. The molecule has 17 heavy (non-hydrogen) atoms. The van der Waals surface area contributed by atoms with Crippen LogP contribution in [0.1, 0.15) is 66.2 Å². The summed E-state index contributed by atoms with van der Waals surface area (Å²) in [6.07, 6.45) is 8.21. The number of nitrogens with zero attached hydrogens (tertiary/aromatic N) is 1. The number of likely N-dealkylation sites (N-methyl/N-ethyl adjacent to an activating group) is 1. The highest BCUT2D eigenvalue weighted by Gasteiger charge is 2.25. The molecule has 1 aliphatic carbocycles. The van der Waals surface area contributed by atoms with Gasteiger partial charge >= 0.3 is 0 Å². The highest BCUT2D eigenvalue weighted by atomic mass is 15.2. The molecule has 1 aliphatic rings. The fraction of sp³-hybridized carbons (Fsp3) is 1.00. The molecule has 0 aromatic heterocycles. The lowest BCUT2D eigenvalue weighted by atomic mass is 10.1. The molecule has 2 nitrogen and oxygen atoms in total. The van der Waals surface area contributed by atoms with E-state index in [1.165, 1.54) is 45.1 Å². The smallest absolute Gasteiger partial charge is 0.0195 e. The van der Waals surface area contributed by atoms with Gasteiger partial charge in [-0.3, -0.25) is 4.90 Å². The van der Waals surface area contributed by atoms with Crippen LogP contribution >= 0.6 is 0 Å². The van der Waals surface area contributed by atoms with Crippen LogP contribution in [-0.2, 0) is 0 Å². The van der Waals surface area contributed by atoms with Crippen molar-refractivity contribution in [1.82, 2.24) is 10.2 Å². The molecule has 0 amide bonds. The van der Waals surface area contributed by atoms with Crippen LogP contribution in [0.15, 0.2) is 0 Å². The summed E-state index contributed by atoms with van der Waals surface area (Å²) in [4.78, 5) is 2.71. The third kappa shape index (κ3) is 4.59. The average molecular weight is 240 g/mol. The van der Waals surface area contributed by atoms with E-state index in [9.17, 15) is 0 Å². The summed E-state index contributed by atoms with van der Waals surface area (Å²) >= 11 is 0. The molecular weight excluding hydrogens is 208 g/mol. The van der Waals surface area contributed by atoms with E-state index in [0.717, 1.165) is 12.6 Å². The first-order chi connectivity index (χ1) is 8.22. The second-order valence-electron chi connectivity index (χ2n) is 5.54. The van der Waals surface area contributed by atoms with Crippen molar-refractivity contribution in [1.29, 1.82) is 0 Å². The van der Waals surface area contributed by atoms with Gasteiger partial charge in [0, 0.05) is 24.7 Å². The van der Waals surface area contributed by atoms with Crippen molar-refractivity contribution in [3.05, 3.63) is 0 Å². The van der Waals surface area contributed by atoms with Gasteiger partial charge in [-0.15, -0.1) is 0 Å². The van der Waals surface area contributed by atoms with E-state index in [4.69, 9.17) is 0 Å². The Morgan fingerprint density at radius 2 is 1.71 bits per heavy atom. The quantitative estimate of drug-likeness (QED) is 0.699. The maximum Gasteiger partial charge on any atom is 0.0195 e. The summed E-state index contributed by atoms with van der Waals surface area (Å²) < 4.78 is 0. The molecule has 0 radical (unpaired) electrons. The van der Waals surface area contributed by atoms with Gasteiger partial charge in [0.25, 0.3) is 0 Å². The Balaban J connectivity index is 2.34. The number of nitrogens with one attached hydrogen (secondary N) is 1. The van der Waals surface area contributed by atoms with Gasteiger partial charge in [-0.2, -0.15) is 0 Å². The molecular formula is C15H32N2. The molecule has 1 N–H and O–H groups in total. The molecule has 1 unspecified atom stereocenters. The Morgan fingerprint density at radius 3 is 2.18 bits per heavy atom. The minimum Gasteiger partial charge on any atom is -0.312 e. The summed E-state index contributed by atoms with van der Waals surface area (Å²) in [7, 11) is 0. The maximum atomic E-state index is 3.72. The monoisotopic (exact) mass is 240 g/mol. The first kappa shape index (κ1) is 15.0. The lowest BCUT2D eigenvalue weighted by Crippen LogP contribution is -2.47. The Bertz CT molecular complexity index is 183. The molecule has 102 valence electrons. The van der Waals surface area contributed by atoms with E-state index in [1.807, 2.05) is 0 Å². The van der Waals surface area contributed by atoms with E-state index < -0.39 is 0 Å². The molecule has 2 heteroatoms. The lowest BCUT2D eigenvalue weighted by molar-refractivity contribution is 0.148. The molecule has 0 heterocycles. The SMILES string of the molecule is CCC(CC)NCC(C)N(CC)C1CCCC1. The van der Waals surface area contributed by atoms with Gasteiger partial charge in [0.1, 0.15) is 0 Å². The normalized spacial score (nSPS) is 19.4. The van der Waals surface area contributed by atoms with E-state index in [1.54, 1.807) is 0 Å². The second-order valence-corrected chi connectivity index (χ2v) is 5.54. The molecule has 0 spiro atoms. The summed E-state index contributed by atoms with van der Waals surface area (Å²) in [5, 5.41) is 3.72. The van der Waals surface area contributed by atoms with Crippen LogP contribution in [0.5, 0.6) is 0 Å². The van der Waals surface area contributed by atoms with Crippen molar-refractivity contribution in [2.24, 2.45) is 0 Å². The molecule has 1 fully saturated rings. The predicted molar refractivity (Wildman–Crippen MR) is 76.5 cm³/mol. The molecule has 0 bridgehead atoms. The molecule has 0 aromatic carbocycles. The fourth-order valence-electron chi connectivity index (χ4n) is 3.20. The largest absolute Gasteiger partial charge is 0.312 e. The van der Waals surface area contributed by atoms with Crippen LogP contribution in [-0.4, -0.2) is 36.1 Å². The van der Waals surface area contributed by atoms with Crippen LogP contribution < -0.4 is 5.32 Å². The zero-order chi connectivity index (χ0) is 12.7. The van der Waals surface area contributed by atoms with Gasteiger partial charge < -0.3 is 5.32 Å². The van der Waals surface area contributed by atoms with Crippen LogP contribution in [0, 0.1) is 0 Å². The third-order valence-corrected chi connectivity index (χ3v) is 4.41. The fourth-order valence-corrected chi connectivity index (χ4v) is 3.20. The highest BCUT2D eigenvalue weighted by Crippen LogP contribution is 2.24. The minimum atomic E-state index is 0.684. The minimum absolute atomic E-state index is 0.684. The van der Waals surface area contributed by atoms with E-state index in [2.05, 4.69) is 37.9 Å². The zero-order valence-electron chi connectivity index (χ0n) is 12.3. The second kappa shape index (κ2) is 8.10. The van der Waals surface area contributed by atoms with Crippen molar-refractivity contribution >= 4 is 0 Å². The topological polar surface area (TPSA) is 15.3 Å². The van der Waals surface area contributed by atoms with E-state index in [0.29, 0.717) is 12.1 Å². The highest BCUT2D eigenvalue weighted by molar-refractivity contribution is 4.82. The van der Waals surface area contributed by atoms with Gasteiger partial charge in [-0.25, -0.2) is 0 Å². The first-order valence-corrected chi connectivity index (χ1v) is 7.71. The molecule has 0 aromatic rings. The summed E-state index contributed by atoms with van der Waals surface area (Å²) in [6, 6.07) is 2.25. The average Bonchev–Trinajstić information content (AvgIpc) is 2.85. The number of hydrogen-bond acceptors (Lipinski definition) is 2. The lowest BCUT2D eigenvalue weighted by Gasteiger charge is -2.34. The Labute approximate surface area is 108 Å². The molecule has 0 aliphatic heterocycles. The summed E-state index contributed by atoms with van der Waals surface area (Å²) in [5.74, 6) is 0. The van der Waals surface area contributed by atoms with Crippen molar-refractivity contribution in [2.45, 2.75) is 84.3 Å². The van der Waals surface area contributed by atoms with Gasteiger partial charge in [-0.05, 0) is 39.2 Å². The zero-order valence-corrected chi connectivity index (χ0v) is 12.3. The maximum absolute atomic E-state index is 3.72. The predicted octanol–water partition coefficient (Wildman–Crippen LogP) is 3.42. The molecule has 1 atom stereocenters. The van der Waals surface area contributed by atoms with Crippen LogP contribution in [0.25, 0.3) is 0 Å². The number of hydrogen-bond donors (Lipinski definition) is 1. The van der Waals surface area contributed by atoms with Gasteiger partial charge in [0.15, 0.2) is 0 Å². The van der Waals surface area contributed by atoms with Gasteiger partial charge in [0.2, 0.25) is 0 Å². The van der Waals surface area contributed by atoms with Crippen molar-refractivity contribution in [2.75, 3.05) is 13.1 Å². The van der Waals surface area contributed by atoms with Crippen LogP contribution in [0.3, 0.4) is 0 Å². The Morgan fingerprint density at radius 1 is 1.12 bits per heavy atom. The number of rotatable bonds is 8. The van der Waals surface area contributed by atoms with Crippen molar-refractivity contribution < 1.29 is 0 Å². The molecule has 1 rings (SSSR count). The summed E-state index contributed by atoms with van der Waals surface area (Å²) in [6.45, 7) is 11.6. The van der Waals surface area contributed by atoms with E-state index in [-0.39, 0.29) is 0 Å². The first-order valence-electron chi connectivity index (χ1n) is 7.71. The standard InChI is InChI=1S/C15H32N2/c1-5-14(6-2)16-12-13(4)17(7-3)15-10-8-9-11-15/h13-16H,5-12H2,1-4H3. The summed E-state index contributed by atoms with van der Waals surface area (Å²) in [5.41, 5.74) is 0. The third-order valence-electron chi connectivity index (χ3n) is 4.41. The Hall–Kier alpha value is -0.0800. The van der Waals surface area contributed by atoms with Crippen molar-refractivity contribution in [3.8, 4) is 0 Å². The van der Waals surface area contributed by atoms with Crippen molar-refractivity contribution in [3.63, 3.8) is 0 Å². The molecule has 1 saturated carbocycles. The van der Waals surface area contributed by atoms with E-state index >= 15 is 0 Å². The molecule has 0 saturated heterocycles. The van der Waals surface area contributed by atoms with Gasteiger partial charge in [0.05, 0.1) is 0 Å². The van der Waals surface area contributed by atoms with Crippen LogP contribution in [0.2, 0.25) is 0 Å². The van der Waals surface area contributed by atoms with Crippen LogP contribution in [0.4, 0.5) is 0 Å². The van der Waals surface area contributed by atoms with Gasteiger partial charge in [-0.1, -0.05) is 33.6 Å².